The zero-order valence-corrected chi connectivity index (χ0v) is 9.68. The van der Waals surface area contributed by atoms with E-state index in [9.17, 15) is 13.2 Å². The number of benzene rings is 1. The highest BCUT2D eigenvalue weighted by Crippen LogP contribution is 2.25. The lowest BCUT2D eigenvalue weighted by atomic mass is 10.1. The molecule has 0 aliphatic carbocycles. The summed E-state index contributed by atoms with van der Waals surface area (Å²) in [7, 11) is 0. The topological polar surface area (TPSA) is 37.9 Å². The van der Waals surface area contributed by atoms with Gasteiger partial charge in [-0.2, -0.15) is 0 Å². The Balaban J connectivity index is 2.25. The molecule has 0 atom stereocenters. The highest BCUT2D eigenvalue weighted by Gasteiger charge is 2.30. The number of alkyl halides is 3. The van der Waals surface area contributed by atoms with Crippen molar-refractivity contribution in [3.63, 3.8) is 0 Å². The van der Waals surface area contributed by atoms with Gasteiger partial charge in [-0.1, -0.05) is 0 Å². The largest absolute Gasteiger partial charge is 0.573 e. The lowest BCUT2D eigenvalue weighted by Crippen LogP contribution is -2.16. The summed E-state index contributed by atoms with van der Waals surface area (Å²) in [4.78, 5) is 6.65. The molecule has 2 aromatic rings. The van der Waals surface area contributed by atoms with Gasteiger partial charge >= 0.3 is 6.36 Å². The molecule has 2 rings (SSSR count). The predicted molar refractivity (Wildman–Crippen MR) is 61.5 cm³/mol. The van der Waals surface area contributed by atoms with Crippen molar-refractivity contribution in [3.05, 3.63) is 41.3 Å². The number of halogens is 3. The third kappa shape index (κ3) is 3.30. The van der Waals surface area contributed by atoms with Gasteiger partial charge in [0.25, 0.3) is 0 Å². The normalized spacial score (nSPS) is 11.3. The Morgan fingerprint density at radius 2 is 1.78 bits per heavy atom. The van der Waals surface area contributed by atoms with E-state index in [0.29, 0.717) is 16.0 Å². The molecule has 7 heteroatoms. The van der Waals surface area contributed by atoms with Crippen molar-refractivity contribution in [3.8, 4) is 17.0 Å². The molecular formula is C11H7F3N2OS. The number of nitrogens with zero attached hydrogens (tertiary/aromatic N) is 1. The number of ether oxygens (including phenoxy) is 1. The van der Waals surface area contributed by atoms with Gasteiger partial charge in [0, 0.05) is 11.9 Å². The fraction of sp³-hybridized carbons (Fsp3) is 0.0909. The molecule has 0 saturated carbocycles. The zero-order valence-electron chi connectivity index (χ0n) is 8.86. The van der Waals surface area contributed by atoms with Crippen molar-refractivity contribution in [1.29, 1.82) is 0 Å². The van der Waals surface area contributed by atoms with E-state index in [1.54, 1.807) is 6.07 Å². The highest BCUT2D eigenvalue weighted by atomic mass is 32.1. The van der Waals surface area contributed by atoms with Crippen LogP contribution >= 0.6 is 12.2 Å². The SMILES string of the molecule is FC(F)(F)Oc1ccc(-c2ccnc(=S)[nH]2)cc1. The van der Waals surface area contributed by atoms with Gasteiger partial charge in [0.05, 0.1) is 0 Å². The van der Waals surface area contributed by atoms with Gasteiger partial charge in [0.1, 0.15) is 5.75 Å². The van der Waals surface area contributed by atoms with Crippen LogP contribution in [0.5, 0.6) is 5.75 Å². The van der Waals surface area contributed by atoms with Crippen LogP contribution < -0.4 is 4.74 Å². The number of hydrogen-bond acceptors (Lipinski definition) is 3. The van der Waals surface area contributed by atoms with Crippen LogP contribution in [0.1, 0.15) is 0 Å². The zero-order chi connectivity index (χ0) is 13.2. The first-order valence-corrected chi connectivity index (χ1v) is 5.26. The van der Waals surface area contributed by atoms with Crippen molar-refractivity contribution in [2.24, 2.45) is 0 Å². The van der Waals surface area contributed by atoms with E-state index < -0.39 is 6.36 Å². The Bertz CT molecular complexity index is 592. The average Bonchev–Trinajstić information content (AvgIpc) is 2.28. The van der Waals surface area contributed by atoms with Crippen molar-refractivity contribution < 1.29 is 17.9 Å². The molecule has 3 nitrogen and oxygen atoms in total. The standard InChI is InChI=1S/C11H7F3N2OS/c12-11(13,14)17-8-3-1-7(2-4-8)9-5-6-15-10(18)16-9/h1-6H,(H,15,16,18). The summed E-state index contributed by atoms with van der Waals surface area (Å²) in [6, 6.07) is 7.15. The highest BCUT2D eigenvalue weighted by molar-refractivity contribution is 7.71. The minimum Gasteiger partial charge on any atom is -0.406 e. The maximum atomic E-state index is 12.0. The van der Waals surface area contributed by atoms with Crippen LogP contribution in [0.15, 0.2) is 36.5 Å². The maximum Gasteiger partial charge on any atom is 0.573 e. The molecule has 1 N–H and O–H groups in total. The van der Waals surface area contributed by atoms with E-state index in [1.807, 2.05) is 0 Å². The molecule has 18 heavy (non-hydrogen) atoms. The molecule has 0 saturated heterocycles. The summed E-state index contributed by atoms with van der Waals surface area (Å²) < 4.78 is 40.0. The molecule has 0 bridgehead atoms. The smallest absolute Gasteiger partial charge is 0.406 e. The van der Waals surface area contributed by atoms with Gasteiger partial charge < -0.3 is 9.72 Å². The second-order valence-electron chi connectivity index (χ2n) is 3.36. The van der Waals surface area contributed by atoms with Crippen LogP contribution in [-0.2, 0) is 0 Å². The van der Waals surface area contributed by atoms with Gasteiger partial charge in [0.2, 0.25) is 0 Å². The Kier molecular flexibility index (Phi) is 3.33. The second-order valence-corrected chi connectivity index (χ2v) is 3.75. The summed E-state index contributed by atoms with van der Waals surface area (Å²) >= 11 is 4.86. The fourth-order valence-corrected chi connectivity index (χ4v) is 1.54. The molecule has 1 aromatic carbocycles. The molecule has 0 aliphatic heterocycles. The van der Waals surface area contributed by atoms with Gasteiger partial charge in [0.15, 0.2) is 4.77 Å². The first kappa shape index (κ1) is 12.6. The Morgan fingerprint density at radius 1 is 1.11 bits per heavy atom. The summed E-state index contributed by atoms with van der Waals surface area (Å²) in [6.07, 6.45) is -3.16. The number of aromatic nitrogens is 2. The maximum absolute atomic E-state index is 12.0. The Morgan fingerprint density at radius 3 is 2.33 bits per heavy atom. The minimum absolute atomic E-state index is 0.265. The van der Waals surface area contributed by atoms with Crippen LogP contribution in [0.25, 0.3) is 11.3 Å². The van der Waals surface area contributed by atoms with Crippen LogP contribution in [0, 0.1) is 4.77 Å². The Hall–Kier alpha value is -1.89. The van der Waals surface area contributed by atoms with Crippen LogP contribution in [0.2, 0.25) is 0 Å². The van der Waals surface area contributed by atoms with E-state index in [-0.39, 0.29) is 5.75 Å². The molecule has 0 amide bonds. The summed E-state index contributed by atoms with van der Waals surface area (Å²) in [5.41, 5.74) is 1.37. The molecule has 94 valence electrons. The molecular weight excluding hydrogens is 265 g/mol. The minimum atomic E-state index is -4.68. The summed E-state index contributed by atoms with van der Waals surface area (Å²) in [5.74, 6) is -0.265. The monoisotopic (exact) mass is 272 g/mol. The van der Waals surface area contributed by atoms with E-state index in [1.165, 1.54) is 30.5 Å². The summed E-state index contributed by atoms with van der Waals surface area (Å²) in [5, 5.41) is 0. The lowest BCUT2D eigenvalue weighted by molar-refractivity contribution is -0.274. The number of hydrogen-bond donors (Lipinski definition) is 1. The Labute approximate surface area is 105 Å². The summed E-state index contributed by atoms with van der Waals surface area (Å²) in [6.45, 7) is 0. The third-order valence-corrected chi connectivity index (χ3v) is 2.28. The molecule has 0 aliphatic rings. The number of rotatable bonds is 2. The molecule has 1 heterocycles. The van der Waals surface area contributed by atoms with E-state index >= 15 is 0 Å². The van der Waals surface area contributed by atoms with Crippen LogP contribution in [0.3, 0.4) is 0 Å². The van der Waals surface area contributed by atoms with Crippen molar-refractivity contribution in [2.75, 3.05) is 0 Å². The number of nitrogens with one attached hydrogen (secondary N) is 1. The second kappa shape index (κ2) is 4.77. The number of H-pyrrole nitrogens is 1. The number of aromatic amines is 1. The van der Waals surface area contributed by atoms with Crippen molar-refractivity contribution in [2.45, 2.75) is 6.36 Å². The molecule has 0 unspecified atom stereocenters. The molecule has 0 radical (unpaired) electrons. The van der Waals surface area contributed by atoms with Crippen molar-refractivity contribution in [1.82, 2.24) is 9.97 Å². The quantitative estimate of drug-likeness (QED) is 0.847. The third-order valence-electron chi connectivity index (χ3n) is 2.07. The van der Waals surface area contributed by atoms with E-state index in [2.05, 4.69) is 14.7 Å². The van der Waals surface area contributed by atoms with E-state index in [0.717, 1.165) is 0 Å². The molecule has 0 fully saturated rings. The predicted octanol–water partition coefficient (Wildman–Crippen LogP) is 3.70. The van der Waals surface area contributed by atoms with Crippen molar-refractivity contribution >= 4 is 12.2 Å². The van der Waals surface area contributed by atoms with E-state index in [4.69, 9.17) is 12.2 Å². The fourth-order valence-electron chi connectivity index (χ4n) is 1.37. The molecule has 0 spiro atoms. The molecule has 1 aromatic heterocycles. The first-order valence-electron chi connectivity index (χ1n) is 4.85. The van der Waals surface area contributed by atoms with Crippen LogP contribution in [0.4, 0.5) is 13.2 Å². The first-order chi connectivity index (χ1) is 8.44. The van der Waals surface area contributed by atoms with Gasteiger partial charge in [-0.25, -0.2) is 4.98 Å². The van der Waals surface area contributed by atoms with Gasteiger partial charge in [-0.3, -0.25) is 0 Å². The van der Waals surface area contributed by atoms with Gasteiger partial charge in [-0.05, 0) is 48.1 Å². The van der Waals surface area contributed by atoms with Gasteiger partial charge in [-0.15, -0.1) is 13.2 Å². The van der Waals surface area contributed by atoms with Crippen LogP contribution in [-0.4, -0.2) is 16.3 Å². The average molecular weight is 272 g/mol. The lowest BCUT2D eigenvalue weighted by Gasteiger charge is -2.09.